The van der Waals surface area contributed by atoms with Gasteiger partial charge in [0.1, 0.15) is 0 Å². The molecule has 1 fully saturated rings. The van der Waals surface area contributed by atoms with Crippen molar-refractivity contribution in [3.05, 3.63) is 22.4 Å². The third-order valence-corrected chi connectivity index (χ3v) is 3.92. The first-order valence-corrected chi connectivity index (χ1v) is 7.14. The van der Waals surface area contributed by atoms with Crippen molar-refractivity contribution in [3.8, 4) is 0 Å². The van der Waals surface area contributed by atoms with E-state index in [2.05, 4.69) is 62.1 Å². The molecule has 18 heavy (non-hydrogen) atoms. The van der Waals surface area contributed by atoms with E-state index < -0.39 is 0 Å². The van der Waals surface area contributed by atoms with Gasteiger partial charge in [-0.15, -0.1) is 0 Å². The van der Waals surface area contributed by atoms with Gasteiger partial charge in [-0.1, -0.05) is 0 Å². The van der Waals surface area contributed by atoms with Crippen LogP contribution >= 0.6 is 15.9 Å². The van der Waals surface area contributed by atoms with Crippen molar-refractivity contribution in [2.24, 2.45) is 12.0 Å². The third kappa shape index (κ3) is 3.07. The smallest absolute Gasteiger partial charge is 0.193 e. The van der Waals surface area contributed by atoms with E-state index >= 15 is 0 Å². The lowest BCUT2D eigenvalue weighted by molar-refractivity contribution is 0.358. The lowest BCUT2D eigenvalue weighted by Crippen LogP contribution is -2.46. The second-order valence-corrected chi connectivity index (χ2v) is 5.85. The standard InChI is InChI=1S/C13H21BrN4/c1-15-13(16-11-5-4-6-11)18(3)9-12-7-10(14)8-17(12)2/h7-8,11H,4-6,9H2,1-3H3,(H,15,16). The van der Waals surface area contributed by atoms with Crippen LogP contribution in [-0.4, -0.2) is 35.6 Å². The summed E-state index contributed by atoms with van der Waals surface area (Å²) in [6.07, 6.45) is 5.94. The highest BCUT2D eigenvalue weighted by Gasteiger charge is 2.20. The topological polar surface area (TPSA) is 32.6 Å². The van der Waals surface area contributed by atoms with Crippen LogP contribution in [-0.2, 0) is 13.6 Å². The first-order chi connectivity index (χ1) is 8.60. The van der Waals surface area contributed by atoms with Crippen molar-refractivity contribution in [1.82, 2.24) is 14.8 Å². The van der Waals surface area contributed by atoms with E-state index in [1.54, 1.807) is 0 Å². The second kappa shape index (κ2) is 5.78. The molecule has 100 valence electrons. The molecule has 1 aromatic rings. The molecular weight excluding hydrogens is 292 g/mol. The maximum atomic E-state index is 4.35. The summed E-state index contributed by atoms with van der Waals surface area (Å²) in [5, 5.41) is 3.50. The van der Waals surface area contributed by atoms with Gasteiger partial charge in [-0.25, -0.2) is 0 Å². The summed E-state index contributed by atoms with van der Waals surface area (Å²) in [5.74, 6) is 0.983. The molecule has 1 saturated carbocycles. The fourth-order valence-corrected chi connectivity index (χ4v) is 2.69. The number of aromatic nitrogens is 1. The Morgan fingerprint density at radius 3 is 2.78 bits per heavy atom. The molecule has 0 amide bonds. The predicted octanol–water partition coefficient (Wildman–Crippen LogP) is 2.35. The van der Waals surface area contributed by atoms with Gasteiger partial charge >= 0.3 is 0 Å². The van der Waals surface area contributed by atoms with Crippen LogP contribution in [0.1, 0.15) is 25.0 Å². The summed E-state index contributed by atoms with van der Waals surface area (Å²) >= 11 is 3.50. The van der Waals surface area contributed by atoms with Crippen LogP contribution in [0.4, 0.5) is 0 Å². The number of aliphatic imine (C=N–C) groups is 1. The summed E-state index contributed by atoms with van der Waals surface area (Å²) in [6, 6.07) is 2.76. The average molecular weight is 313 g/mol. The van der Waals surface area contributed by atoms with Gasteiger partial charge in [0, 0.05) is 43.5 Å². The average Bonchev–Trinajstić information content (AvgIpc) is 2.56. The number of nitrogens with zero attached hydrogens (tertiary/aromatic N) is 3. The van der Waals surface area contributed by atoms with Gasteiger partial charge in [-0.05, 0) is 41.3 Å². The summed E-state index contributed by atoms with van der Waals surface area (Å²) in [4.78, 5) is 6.52. The Balaban J connectivity index is 1.96. The molecule has 0 radical (unpaired) electrons. The molecule has 1 aromatic heterocycles. The SMILES string of the molecule is CN=C(NC1CCC1)N(C)Cc1cc(Br)cn1C. The molecule has 1 N–H and O–H groups in total. The molecule has 0 saturated heterocycles. The van der Waals surface area contributed by atoms with Crippen molar-refractivity contribution < 1.29 is 0 Å². The Bertz CT molecular complexity index is 434. The monoisotopic (exact) mass is 312 g/mol. The zero-order valence-electron chi connectivity index (χ0n) is 11.3. The molecule has 5 heteroatoms. The van der Waals surface area contributed by atoms with Crippen LogP contribution in [0.3, 0.4) is 0 Å². The molecule has 0 aromatic carbocycles. The van der Waals surface area contributed by atoms with Crippen molar-refractivity contribution in [3.63, 3.8) is 0 Å². The van der Waals surface area contributed by atoms with Crippen molar-refractivity contribution in [2.75, 3.05) is 14.1 Å². The van der Waals surface area contributed by atoms with Crippen LogP contribution in [0, 0.1) is 0 Å². The number of hydrogen-bond acceptors (Lipinski definition) is 1. The van der Waals surface area contributed by atoms with Crippen LogP contribution < -0.4 is 5.32 Å². The Morgan fingerprint density at radius 2 is 2.33 bits per heavy atom. The molecular formula is C13H21BrN4. The van der Waals surface area contributed by atoms with Crippen LogP contribution in [0.15, 0.2) is 21.7 Å². The lowest BCUT2D eigenvalue weighted by atomic mass is 9.93. The molecule has 0 bridgehead atoms. The van der Waals surface area contributed by atoms with Crippen LogP contribution in [0.5, 0.6) is 0 Å². The Morgan fingerprint density at radius 1 is 1.61 bits per heavy atom. The Hall–Kier alpha value is -0.970. The van der Waals surface area contributed by atoms with Crippen molar-refractivity contribution in [1.29, 1.82) is 0 Å². The Labute approximate surface area is 117 Å². The minimum atomic E-state index is 0.617. The van der Waals surface area contributed by atoms with E-state index in [4.69, 9.17) is 0 Å². The van der Waals surface area contributed by atoms with Gasteiger partial charge in [0.25, 0.3) is 0 Å². The summed E-state index contributed by atoms with van der Waals surface area (Å²) in [5.41, 5.74) is 1.26. The summed E-state index contributed by atoms with van der Waals surface area (Å²) < 4.78 is 3.26. The highest BCUT2D eigenvalue weighted by molar-refractivity contribution is 9.10. The number of aryl methyl sites for hydroxylation is 1. The number of nitrogens with one attached hydrogen (secondary N) is 1. The summed E-state index contributed by atoms with van der Waals surface area (Å²) in [6.45, 7) is 0.856. The fraction of sp³-hybridized carbons (Fsp3) is 0.615. The number of rotatable bonds is 3. The van der Waals surface area contributed by atoms with Gasteiger partial charge in [0.2, 0.25) is 0 Å². The zero-order chi connectivity index (χ0) is 13.1. The van der Waals surface area contributed by atoms with E-state index in [1.807, 2.05) is 7.05 Å². The number of hydrogen-bond donors (Lipinski definition) is 1. The van der Waals surface area contributed by atoms with Crippen LogP contribution in [0.25, 0.3) is 0 Å². The maximum Gasteiger partial charge on any atom is 0.193 e. The van der Waals surface area contributed by atoms with Gasteiger partial charge in [0.15, 0.2) is 5.96 Å². The quantitative estimate of drug-likeness (QED) is 0.686. The van der Waals surface area contributed by atoms with E-state index in [0.717, 1.165) is 17.0 Å². The highest BCUT2D eigenvalue weighted by atomic mass is 79.9. The van der Waals surface area contributed by atoms with E-state index in [0.29, 0.717) is 6.04 Å². The summed E-state index contributed by atoms with van der Waals surface area (Å²) in [7, 11) is 5.99. The predicted molar refractivity (Wildman–Crippen MR) is 78.7 cm³/mol. The Kier molecular flexibility index (Phi) is 4.32. The molecule has 1 aliphatic rings. The second-order valence-electron chi connectivity index (χ2n) is 4.94. The minimum absolute atomic E-state index is 0.617. The minimum Gasteiger partial charge on any atom is -0.354 e. The van der Waals surface area contributed by atoms with Gasteiger partial charge in [-0.3, -0.25) is 4.99 Å². The largest absolute Gasteiger partial charge is 0.354 e. The first-order valence-electron chi connectivity index (χ1n) is 6.35. The zero-order valence-corrected chi connectivity index (χ0v) is 12.9. The van der Waals surface area contributed by atoms with Gasteiger partial charge in [0.05, 0.1) is 6.54 Å². The highest BCUT2D eigenvalue weighted by Crippen LogP contribution is 2.19. The molecule has 1 aliphatic carbocycles. The van der Waals surface area contributed by atoms with Gasteiger partial charge < -0.3 is 14.8 Å². The van der Waals surface area contributed by atoms with E-state index in [9.17, 15) is 0 Å². The maximum absolute atomic E-state index is 4.35. The molecule has 2 rings (SSSR count). The van der Waals surface area contributed by atoms with Crippen molar-refractivity contribution >= 4 is 21.9 Å². The molecule has 0 unspecified atom stereocenters. The first kappa shape index (κ1) is 13.5. The fourth-order valence-electron chi connectivity index (χ4n) is 2.12. The van der Waals surface area contributed by atoms with E-state index in [1.165, 1.54) is 25.0 Å². The third-order valence-electron chi connectivity index (χ3n) is 3.49. The normalized spacial score (nSPS) is 16.6. The van der Waals surface area contributed by atoms with E-state index in [-0.39, 0.29) is 0 Å². The molecule has 0 atom stereocenters. The molecule has 1 heterocycles. The number of halogens is 1. The molecule has 4 nitrogen and oxygen atoms in total. The van der Waals surface area contributed by atoms with Crippen molar-refractivity contribution in [2.45, 2.75) is 31.8 Å². The molecule has 0 aliphatic heterocycles. The van der Waals surface area contributed by atoms with Gasteiger partial charge in [-0.2, -0.15) is 0 Å². The molecule has 0 spiro atoms. The van der Waals surface area contributed by atoms with Crippen LogP contribution in [0.2, 0.25) is 0 Å². The lowest BCUT2D eigenvalue weighted by Gasteiger charge is -2.31. The number of guanidine groups is 1.